The lowest BCUT2D eigenvalue weighted by Gasteiger charge is -2.14. The fourth-order valence-corrected chi connectivity index (χ4v) is 2.70. The average molecular weight is 297 g/mol. The standard InChI is InChI=1S/C16H19N5O/c1-9-5-11(10(2)17)14-12(6-9)16(22)21(4)15(19-14)13-7-18-8-20(13)3/h5-8,10H,17H2,1-4H3/t10-/m1/s1. The first-order chi connectivity index (χ1) is 10.4. The number of benzene rings is 1. The second kappa shape index (κ2) is 5.06. The van der Waals surface area contributed by atoms with Gasteiger partial charge < -0.3 is 10.3 Å². The first-order valence-corrected chi connectivity index (χ1v) is 7.13. The Morgan fingerprint density at radius 2 is 2.00 bits per heavy atom. The summed E-state index contributed by atoms with van der Waals surface area (Å²) in [6.07, 6.45) is 3.39. The average Bonchev–Trinajstić information content (AvgIpc) is 2.88. The molecule has 0 fully saturated rings. The van der Waals surface area contributed by atoms with Gasteiger partial charge >= 0.3 is 0 Å². The maximum absolute atomic E-state index is 12.7. The van der Waals surface area contributed by atoms with E-state index < -0.39 is 0 Å². The van der Waals surface area contributed by atoms with Crippen molar-refractivity contribution in [2.45, 2.75) is 19.9 Å². The van der Waals surface area contributed by atoms with Crippen LogP contribution in [0.15, 0.2) is 29.5 Å². The lowest BCUT2D eigenvalue weighted by Crippen LogP contribution is -2.22. The van der Waals surface area contributed by atoms with Gasteiger partial charge in [-0.2, -0.15) is 0 Å². The fourth-order valence-electron chi connectivity index (χ4n) is 2.70. The Hall–Kier alpha value is -2.47. The minimum atomic E-state index is -0.193. The Kier molecular flexibility index (Phi) is 3.33. The molecule has 6 nitrogen and oxygen atoms in total. The Morgan fingerprint density at radius 3 is 2.59 bits per heavy atom. The molecule has 2 N–H and O–H groups in total. The molecule has 0 saturated heterocycles. The predicted molar refractivity (Wildman–Crippen MR) is 86.5 cm³/mol. The van der Waals surface area contributed by atoms with Crippen molar-refractivity contribution >= 4 is 10.9 Å². The molecule has 0 saturated carbocycles. The normalized spacial score (nSPS) is 12.8. The molecule has 0 aliphatic rings. The molecule has 1 atom stereocenters. The van der Waals surface area contributed by atoms with E-state index in [0.717, 1.165) is 16.8 Å². The molecule has 0 amide bonds. The fraction of sp³-hybridized carbons (Fsp3) is 0.312. The van der Waals surface area contributed by atoms with E-state index in [9.17, 15) is 4.79 Å². The third-order valence-electron chi connectivity index (χ3n) is 3.89. The molecule has 6 heteroatoms. The summed E-state index contributed by atoms with van der Waals surface area (Å²) in [7, 11) is 3.60. The van der Waals surface area contributed by atoms with Gasteiger partial charge in [0.05, 0.1) is 23.4 Å². The number of fused-ring (bicyclic) bond motifs is 1. The zero-order valence-corrected chi connectivity index (χ0v) is 13.2. The molecule has 0 spiro atoms. The van der Waals surface area contributed by atoms with E-state index in [1.807, 2.05) is 37.6 Å². The summed E-state index contributed by atoms with van der Waals surface area (Å²) in [5, 5.41) is 0.598. The zero-order chi connectivity index (χ0) is 16.0. The highest BCUT2D eigenvalue weighted by molar-refractivity contribution is 5.84. The van der Waals surface area contributed by atoms with Crippen LogP contribution >= 0.6 is 0 Å². The highest BCUT2D eigenvalue weighted by Gasteiger charge is 2.16. The van der Waals surface area contributed by atoms with Gasteiger partial charge in [0.1, 0.15) is 5.69 Å². The Balaban J connectivity index is 2.46. The van der Waals surface area contributed by atoms with Crippen molar-refractivity contribution in [1.29, 1.82) is 0 Å². The van der Waals surface area contributed by atoms with Gasteiger partial charge in [-0.3, -0.25) is 9.36 Å². The summed E-state index contributed by atoms with van der Waals surface area (Å²) >= 11 is 0. The quantitative estimate of drug-likeness (QED) is 0.780. The third kappa shape index (κ3) is 2.12. The number of aryl methyl sites for hydroxylation is 2. The monoisotopic (exact) mass is 297 g/mol. The number of aromatic nitrogens is 4. The molecule has 2 aromatic heterocycles. The van der Waals surface area contributed by atoms with E-state index in [1.165, 1.54) is 0 Å². The molecule has 3 rings (SSSR count). The van der Waals surface area contributed by atoms with Crippen molar-refractivity contribution in [1.82, 2.24) is 19.1 Å². The molecular formula is C16H19N5O. The molecular weight excluding hydrogens is 278 g/mol. The molecule has 114 valence electrons. The van der Waals surface area contributed by atoms with Crippen LogP contribution in [0.25, 0.3) is 22.4 Å². The minimum absolute atomic E-state index is 0.0770. The summed E-state index contributed by atoms with van der Waals surface area (Å²) < 4.78 is 3.40. The molecule has 3 aromatic rings. The molecule has 0 unspecified atom stereocenters. The van der Waals surface area contributed by atoms with Crippen LogP contribution in [0.4, 0.5) is 0 Å². The van der Waals surface area contributed by atoms with Gasteiger partial charge in [0.2, 0.25) is 0 Å². The second-order valence-corrected chi connectivity index (χ2v) is 5.73. The summed E-state index contributed by atoms with van der Waals surface area (Å²) in [5.74, 6) is 0.586. The second-order valence-electron chi connectivity index (χ2n) is 5.73. The summed E-state index contributed by atoms with van der Waals surface area (Å²) in [6, 6.07) is 3.66. The van der Waals surface area contributed by atoms with Crippen molar-refractivity contribution in [3.05, 3.63) is 46.1 Å². The summed E-state index contributed by atoms with van der Waals surface area (Å²) in [6.45, 7) is 3.86. The highest BCUT2D eigenvalue weighted by Crippen LogP contribution is 2.24. The number of nitrogens with two attached hydrogens (primary N) is 1. The molecule has 1 aromatic carbocycles. The number of imidazole rings is 1. The lowest BCUT2D eigenvalue weighted by molar-refractivity contribution is 0.806. The van der Waals surface area contributed by atoms with E-state index in [4.69, 9.17) is 10.7 Å². The van der Waals surface area contributed by atoms with Gasteiger partial charge in [-0.05, 0) is 31.0 Å². The van der Waals surface area contributed by atoms with Crippen LogP contribution in [0.3, 0.4) is 0 Å². The Morgan fingerprint density at radius 1 is 1.27 bits per heavy atom. The predicted octanol–water partition coefficient (Wildman–Crippen LogP) is 1.66. The Labute approximate surface area is 128 Å². The van der Waals surface area contributed by atoms with E-state index in [0.29, 0.717) is 16.7 Å². The number of nitrogens with zero attached hydrogens (tertiary/aromatic N) is 4. The van der Waals surface area contributed by atoms with Crippen LogP contribution in [0, 0.1) is 6.92 Å². The van der Waals surface area contributed by atoms with Crippen molar-refractivity contribution < 1.29 is 0 Å². The number of rotatable bonds is 2. The van der Waals surface area contributed by atoms with Gasteiger partial charge in [0.15, 0.2) is 5.82 Å². The van der Waals surface area contributed by atoms with E-state index in [1.54, 1.807) is 24.1 Å². The molecule has 0 aliphatic carbocycles. The first-order valence-electron chi connectivity index (χ1n) is 7.13. The van der Waals surface area contributed by atoms with Crippen molar-refractivity contribution in [2.75, 3.05) is 0 Å². The molecule has 2 heterocycles. The van der Waals surface area contributed by atoms with Crippen molar-refractivity contribution in [2.24, 2.45) is 19.8 Å². The molecule has 0 aliphatic heterocycles. The van der Waals surface area contributed by atoms with Crippen LogP contribution in [0.2, 0.25) is 0 Å². The molecule has 22 heavy (non-hydrogen) atoms. The van der Waals surface area contributed by atoms with Gasteiger partial charge in [0, 0.05) is 20.1 Å². The first kappa shape index (κ1) is 14.5. The number of hydrogen-bond donors (Lipinski definition) is 1. The smallest absolute Gasteiger partial charge is 0.261 e. The van der Waals surface area contributed by atoms with Gasteiger partial charge in [0.25, 0.3) is 5.56 Å². The molecule has 0 bridgehead atoms. The Bertz CT molecular complexity index is 920. The maximum atomic E-state index is 12.7. The van der Waals surface area contributed by atoms with E-state index >= 15 is 0 Å². The zero-order valence-electron chi connectivity index (χ0n) is 13.2. The van der Waals surface area contributed by atoms with Gasteiger partial charge in [-0.15, -0.1) is 0 Å². The van der Waals surface area contributed by atoms with Crippen LogP contribution in [-0.4, -0.2) is 19.1 Å². The lowest BCUT2D eigenvalue weighted by atomic mass is 10.0. The minimum Gasteiger partial charge on any atom is -0.331 e. The van der Waals surface area contributed by atoms with E-state index in [2.05, 4.69) is 4.98 Å². The van der Waals surface area contributed by atoms with Crippen molar-refractivity contribution in [3.63, 3.8) is 0 Å². The largest absolute Gasteiger partial charge is 0.331 e. The SMILES string of the molecule is Cc1cc([C@@H](C)N)c2nc(-c3cncn3C)n(C)c(=O)c2c1. The van der Waals surface area contributed by atoms with Crippen LogP contribution in [0.5, 0.6) is 0 Å². The maximum Gasteiger partial charge on any atom is 0.261 e. The molecule has 0 radical (unpaired) electrons. The van der Waals surface area contributed by atoms with Gasteiger partial charge in [-0.1, -0.05) is 6.07 Å². The summed E-state index contributed by atoms with van der Waals surface area (Å²) in [5.41, 5.74) is 9.34. The summed E-state index contributed by atoms with van der Waals surface area (Å²) in [4.78, 5) is 21.6. The van der Waals surface area contributed by atoms with Crippen LogP contribution in [0.1, 0.15) is 24.1 Å². The van der Waals surface area contributed by atoms with Gasteiger partial charge in [-0.25, -0.2) is 9.97 Å². The topological polar surface area (TPSA) is 78.7 Å². The number of hydrogen-bond acceptors (Lipinski definition) is 4. The van der Waals surface area contributed by atoms with Crippen LogP contribution in [-0.2, 0) is 14.1 Å². The highest BCUT2D eigenvalue weighted by atomic mass is 16.1. The van der Waals surface area contributed by atoms with E-state index in [-0.39, 0.29) is 11.6 Å². The van der Waals surface area contributed by atoms with Crippen LogP contribution < -0.4 is 11.3 Å². The third-order valence-corrected chi connectivity index (χ3v) is 3.89. The van der Waals surface area contributed by atoms with Crippen molar-refractivity contribution in [3.8, 4) is 11.5 Å².